The Morgan fingerprint density at radius 2 is 1.62 bits per heavy atom. The number of anilines is 1. The van der Waals surface area contributed by atoms with Gasteiger partial charge in [-0.1, -0.05) is 12.1 Å². The smallest absolute Gasteiger partial charge is 0.242 e. The van der Waals surface area contributed by atoms with Crippen molar-refractivity contribution in [2.24, 2.45) is 0 Å². The topological polar surface area (TPSA) is 158 Å². The molecule has 2 aromatic carbocycles. The van der Waals surface area contributed by atoms with Crippen LogP contribution in [0.1, 0.15) is 11.3 Å². The van der Waals surface area contributed by atoms with Crippen LogP contribution in [0.25, 0.3) is 0 Å². The fraction of sp³-hybridized carbons (Fsp3) is 0.100. The minimum atomic E-state index is -4.07. The van der Waals surface area contributed by atoms with E-state index in [9.17, 15) is 21.6 Å². The van der Waals surface area contributed by atoms with Crippen molar-refractivity contribution in [3.63, 3.8) is 0 Å². The highest BCUT2D eigenvalue weighted by atomic mass is 32.2. The maximum atomic E-state index is 12.3. The zero-order valence-corrected chi connectivity index (χ0v) is 18.1. The van der Waals surface area contributed by atoms with Crippen LogP contribution >= 0.6 is 0 Å². The normalized spacial score (nSPS) is 11.6. The van der Waals surface area contributed by atoms with Crippen molar-refractivity contribution in [2.45, 2.75) is 16.3 Å². The lowest BCUT2D eigenvalue weighted by Gasteiger charge is -2.10. The molecule has 0 aliphatic carbocycles. The molecule has 0 saturated heterocycles. The van der Waals surface area contributed by atoms with Crippen molar-refractivity contribution in [3.05, 3.63) is 78.3 Å². The number of rotatable bonds is 9. The molecule has 0 aliphatic rings. The van der Waals surface area contributed by atoms with Crippen LogP contribution in [0.4, 0.5) is 5.69 Å². The summed E-state index contributed by atoms with van der Waals surface area (Å²) in [7, 11) is -7.86. The monoisotopic (exact) mass is 474 g/mol. The van der Waals surface area contributed by atoms with Crippen molar-refractivity contribution in [3.8, 4) is 6.07 Å². The Morgan fingerprint density at radius 3 is 2.28 bits per heavy atom. The van der Waals surface area contributed by atoms with Gasteiger partial charge in [-0.25, -0.2) is 26.3 Å². The predicted molar refractivity (Wildman–Crippen MR) is 114 cm³/mol. The first-order chi connectivity index (χ1) is 15.2. The lowest BCUT2D eigenvalue weighted by molar-refractivity contribution is -0.115. The summed E-state index contributed by atoms with van der Waals surface area (Å²) in [5.41, 5.74) is 0.231. The van der Waals surface area contributed by atoms with Crippen LogP contribution in [0.2, 0.25) is 0 Å². The number of furan rings is 1. The average Bonchev–Trinajstić information content (AvgIpc) is 3.31. The van der Waals surface area contributed by atoms with E-state index in [1.807, 2.05) is 0 Å². The third kappa shape index (κ3) is 5.80. The first-order valence-electron chi connectivity index (χ1n) is 9.12. The Morgan fingerprint density at radius 1 is 0.906 bits per heavy atom. The van der Waals surface area contributed by atoms with Crippen LogP contribution in [-0.4, -0.2) is 29.3 Å². The number of amides is 1. The summed E-state index contributed by atoms with van der Waals surface area (Å²) in [5, 5.41) is 11.5. The summed E-state index contributed by atoms with van der Waals surface area (Å²) in [5.74, 6) is -0.216. The lowest BCUT2D eigenvalue weighted by atomic mass is 10.2. The Kier molecular flexibility index (Phi) is 7.06. The first-order valence-corrected chi connectivity index (χ1v) is 12.1. The molecule has 3 rings (SSSR count). The van der Waals surface area contributed by atoms with Crippen LogP contribution in [0, 0.1) is 11.3 Å². The van der Waals surface area contributed by atoms with Gasteiger partial charge in [-0.05, 0) is 48.5 Å². The molecule has 0 unspecified atom stereocenters. The molecule has 166 valence electrons. The molecule has 0 radical (unpaired) electrons. The third-order valence-electron chi connectivity index (χ3n) is 4.18. The lowest BCUT2D eigenvalue weighted by Crippen LogP contribution is -2.33. The summed E-state index contributed by atoms with van der Waals surface area (Å²) in [6.45, 7) is -0.588. The van der Waals surface area contributed by atoms with Gasteiger partial charge in [-0.3, -0.25) is 4.79 Å². The van der Waals surface area contributed by atoms with Gasteiger partial charge in [-0.15, -0.1) is 0 Å². The first kappa shape index (κ1) is 23.2. The largest absolute Gasteiger partial charge is 0.468 e. The van der Waals surface area contributed by atoms with Crippen molar-refractivity contribution in [1.82, 2.24) is 9.44 Å². The molecular formula is C20H18N4O6S2. The SMILES string of the molecule is N#Cc1ccccc1S(=O)(=O)NCC(=O)Nc1ccc(S(=O)(=O)NCc2ccco2)cc1. The quantitative estimate of drug-likeness (QED) is 0.424. The standard InChI is InChI=1S/C20H18N4O6S2/c21-12-15-4-1-2-6-19(15)32(28,29)23-14-20(25)24-16-7-9-18(10-8-16)31(26,27)22-13-17-5-3-11-30-17/h1-11,22-23H,13-14H2,(H,24,25). The van der Waals surface area contributed by atoms with Crippen LogP contribution in [0.3, 0.4) is 0 Å². The molecule has 0 bridgehead atoms. The minimum Gasteiger partial charge on any atom is -0.468 e. The summed E-state index contributed by atoms with van der Waals surface area (Å²) in [6, 6.07) is 16.0. The van der Waals surface area contributed by atoms with E-state index in [1.165, 1.54) is 54.8 Å². The zero-order chi connectivity index (χ0) is 23.2. The van der Waals surface area contributed by atoms with Gasteiger partial charge in [0, 0.05) is 5.69 Å². The molecule has 0 aliphatic heterocycles. The van der Waals surface area contributed by atoms with E-state index in [0.717, 1.165) is 0 Å². The number of benzene rings is 2. The molecule has 3 N–H and O–H groups in total. The second-order valence-corrected chi connectivity index (χ2v) is 9.91. The average molecular weight is 475 g/mol. The van der Waals surface area contributed by atoms with E-state index in [-0.39, 0.29) is 27.6 Å². The second-order valence-electron chi connectivity index (χ2n) is 6.41. The summed E-state index contributed by atoms with van der Waals surface area (Å²) >= 11 is 0. The minimum absolute atomic E-state index is 0.0110. The second kappa shape index (κ2) is 9.75. The number of hydrogen-bond acceptors (Lipinski definition) is 7. The molecule has 1 aromatic heterocycles. The van der Waals surface area contributed by atoms with Gasteiger partial charge in [0.05, 0.1) is 34.7 Å². The Bertz CT molecular complexity index is 1340. The maximum absolute atomic E-state index is 12.3. The summed E-state index contributed by atoms with van der Waals surface area (Å²) in [6.07, 6.45) is 1.43. The number of hydrogen-bond donors (Lipinski definition) is 3. The molecular weight excluding hydrogens is 456 g/mol. The van der Waals surface area contributed by atoms with Crippen molar-refractivity contribution in [1.29, 1.82) is 5.26 Å². The molecule has 3 aromatic rings. The van der Waals surface area contributed by atoms with Crippen molar-refractivity contribution < 1.29 is 26.0 Å². The van der Waals surface area contributed by atoms with Gasteiger partial charge >= 0.3 is 0 Å². The van der Waals surface area contributed by atoms with Crippen LogP contribution in [0.5, 0.6) is 0 Å². The molecule has 0 atom stereocenters. The van der Waals surface area contributed by atoms with Crippen LogP contribution in [0.15, 0.2) is 81.1 Å². The van der Waals surface area contributed by atoms with Crippen LogP contribution < -0.4 is 14.8 Å². The highest BCUT2D eigenvalue weighted by Crippen LogP contribution is 2.16. The fourth-order valence-electron chi connectivity index (χ4n) is 2.62. The van der Waals surface area contributed by atoms with Gasteiger partial charge < -0.3 is 9.73 Å². The third-order valence-corrected chi connectivity index (χ3v) is 7.06. The van der Waals surface area contributed by atoms with Gasteiger partial charge in [0.25, 0.3) is 0 Å². The van der Waals surface area contributed by atoms with E-state index < -0.39 is 32.5 Å². The molecule has 1 heterocycles. The van der Waals surface area contributed by atoms with Gasteiger partial charge in [0.15, 0.2) is 0 Å². The van der Waals surface area contributed by atoms with Gasteiger partial charge in [0.1, 0.15) is 11.8 Å². The van der Waals surface area contributed by atoms with E-state index in [0.29, 0.717) is 5.76 Å². The van der Waals surface area contributed by atoms with Gasteiger partial charge in [0.2, 0.25) is 26.0 Å². The molecule has 10 nitrogen and oxygen atoms in total. The van der Waals surface area contributed by atoms with Gasteiger partial charge in [-0.2, -0.15) is 5.26 Å². The molecule has 1 amide bonds. The number of nitrogens with one attached hydrogen (secondary N) is 3. The highest BCUT2D eigenvalue weighted by Gasteiger charge is 2.19. The predicted octanol–water partition coefficient (Wildman–Crippen LogP) is 1.55. The molecule has 0 spiro atoms. The number of nitrogens with zero attached hydrogens (tertiary/aromatic N) is 1. The van der Waals surface area contributed by atoms with Crippen LogP contribution in [-0.2, 0) is 31.4 Å². The van der Waals surface area contributed by atoms with E-state index in [4.69, 9.17) is 9.68 Å². The Balaban J connectivity index is 1.58. The number of carbonyl (C=O) groups is 1. The van der Waals surface area contributed by atoms with E-state index >= 15 is 0 Å². The fourth-order valence-corrected chi connectivity index (χ4v) is 4.75. The van der Waals surface area contributed by atoms with Crippen molar-refractivity contribution >= 4 is 31.6 Å². The summed E-state index contributed by atoms with van der Waals surface area (Å²) < 4.78 is 58.9. The van der Waals surface area contributed by atoms with E-state index in [1.54, 1.807) is 18.2 Å². The Hall–Kier alpha value is -3.50. The van der Waals surface area contributed by atoms with Crippen molar-refractivity contribution in [2.75, 3.05) is 11.9 Å². The molecule has 0 saturated carbocycles. The molecule has 0 fully saturated rings. The zero-order valence-electron chi connectivity index (χ0n) is 16.5. The maximum Gasteiger partial charge on any atom is 0.242 e. The molecule has 32 heavy (non-hydrogen) atoms. The number of carbonyl (C=O) groups excluding carboxylic acids is 1. The van der Waals surface area contributed by atoms with E-state index in [2.05, 4.69) is 14.8 Å². The Labute approximate surface area is 185 Å². The molecule has 12 heteroatoms. The highest BCUT2D eigenvalue weighted by molar-refractivity contribution is 7.89. The number of nitriles is 1. The summed E-state index contributed by atoms with van der Waals surface area (Å²) in [4.78, 5) is 11.9. The number of sulfonamides is 2.